The summed E-state index contributed by atoms with van der Waals surface area (Å²) in [6, 6.07) is 15.3. The van der Waals surface area contributed by atoms with Gasteiger partial charge in [-0.05, 0) is 50.1 Å². The number of nitrogens with zero attached hydrogens (tertiary/aromatic N) is 1. The van der Waals surface area contributed by atoms with Crippen LogP contribution in [0.3, 0.4) is 0 Å². The number of nitrogens with one attached hydrogen (secondary N) is 1. The zero-order chi connectivity index (χ0) is 17.1. The molecule has 1 heterocycles. The molecule has 0 spiro atoms. The van der Waals surface area contributed by atoms with Crippen molar-refractivity contribution in [2.24, 2.45) is 0 Å². The summed E-state index contributed by atoms with van der Waals surface area (Å²) in [6.45, 7) is 4.77. The number of hydrogen-bond donors (Lipinski definition) is 1. The molecule has 0 radical (unpaired) electrons. The summed E-state index contributed by atoms with van der Waals surface area (Å²) in [4.78, 5) is 25.9. The number of hydrogen-bond acceptors (Lipinski definition) is 2. The van der Waals surface area contributed by atoms with Crippen molar-refractivity contribution in [1.82, 2.24) is 5.32 Å². The molecule has 2 amide bonds. The Hall–Kier alpha value is -2.62. The number of carbonyl (C=O) groups excluding carboxylic acids is 2. The molecular weight excluding hydrogens is 300 g/mol. The molecule has 0 unspecified atom stereocenters. The second-order valence-electron chi connectivity index (χ2n) is 6.30. The molecule has 124 valence electrons. The van der Waals surface area contributed by atoms with E-state index in [1.807, 2.05) is 50.2 Å². The summed E-state index contributed by atoms with van der Waals surface area (Å²) in [7, 11) is 0. The molecule has 2 aromatic carbocycles. The summed E-state index contributed by atoms with van der Waals surface area (Å²) in [5.41, 5.74) is 3.74. The number of carbonyl (C=O) groups is 2. The van der Waals surface area contributed by atoms with E-state index >= 15 is 0 Å². The number of anilines is 1. The summed E-state index contributed by atoms with van der Waals surface area (Å²) in [6.07, 6.45) is 1.51. The van der Waals surface area contributed by atoms with E-state index in [0.717, 1.165) is 24.2 Å². The van der Waals surface area contributed by atoms with E-state index < -0.39 is 0 Å². The molecule has 0 saturated carbocycles. The lowest BCUT2D eigenvalue weighted by atomic mass is 10.1. The van der Waals surface area contributed by atoms with Gasteiger partial charge in [0.15, 0.2) is 0 Å². The monoisotopic (exact) mass is 322 g/mol. The van der Waals surface area contributed by atoms with Crippen LogP contribution in [0, 0.1) is 6.92 Å². The van der Waals surface area contributed by atoms with Crippen LogP contribution in [-0.4, -0.2) is 18.4 Å². The van der Waals surface area contributed by atoms with Gasteiger partial charge in [-0.25, -0.2) is 0 Å². The van der Waals surface area contributed by atoms with Crippen LogP contribution >= 0.6 is 0 Å². The maximum absolute atomic E-state index is 12.4. The quantitative estimate of drug-likeness (QED) is 0.935. The highest BCUT2D eigenvalue weighted by atomic mass is 16.2. The van der Waals surface area contributed by atoms with Gasteiger partial charge in [-0.1, -0.05) is 29.8 Å². The van der Waals surface area contributed by atoms with Gasteiger partial charge in [0.2, 0.25) is 5.91 Å². The van der Waals surface area contributed by atoms with E-state index in [4.69, 9.17) is 0 Å². The van der Waals surface area contributed by atoms with Crippen molar-refractivity contribution in [2.45, 2.75) is 32.7 Å². The fraction of sp³-hybridized carbons (Fsp3) is 0.300. The fourth-order valence-electron chi connectivity index (χ4n) is 2.93. The first-order chi connectivity index (χ1) is 11.5. The summed E-state index contributed by atoms with van der Waals surface area (Å²) in [5.74, 6) is 0.0440. The molecule has 24 heavy (non-hydrogen) atoms. The van der Waals surface area contributed by atoms with Crippen LogP contribution in [0.2, 0.25) is 0 Å². The minimum absolute atomic E-state index is 0.0575. The highest BCUT2D eigenvalue weighted by molar-refractivity contribution is 5.97. The molecule has 3 rings (SSSR count). The minimum Gasteiger partial charge on any atom is -0.346 e. The maximum atomic E-state index is 12.4. The van der Waals surface area contributed by atoms with Crippen molar-refractivity contribution < 1.29 is 9.59 Å². The van der Waals surface area contributed by atoms with Gasteiger partial charge in [0.05, 0.1) is 6.04 Å². The van der Waals surface area contributed by atoms with Crippen LogP contribution < -0.4 is 10.2 Å². The number of amides is 2. The maximum Gasteiger partial charge on any atom is 0.251 e. The van der Waals surface area contributed by atoms with Crippen molar-refractivity contribution in [2.75, 3.05) is 11.4 Å². The van der Waals surface area contributed by atoms with E-state index in [1.165, 1.54) is 5.56 Å². The van der Waals surface area contributed by atoms with E-state index in [2.05, 4.69) is 5.32 Å². The molecule has 1 aliphatic heterocycles. The standard InChI is InChI=1S/C20H22N2O2/c1-14-5-7-16(8-6-14)15(2)21-20(24)17-9-11-18(12-10-17)22-13-3-4-19(22)23/h5-12,15H,3-4,13H2,1-2H3,(H,21,24)/t15-/m0/s1. The topological polar surface area (TPSA) is 49.4 Å². The normalized spacial score (nSPS) is 15.4. The first-order valence-corrected chi connectivity index (χ1v) is 8.32. The lowest BCUT2D eigenvalue weighted by Gasteiger charge is -2.17. The Morgan fingerprint density at radius 2 is 1.75 bits per heavy atom. The van der Waals surface area contributed by atoms with Crippen LogP contribution in [0.4, 0.5) is 5.69 Å². The second kappa shape index (κ2) is 6.87. The molecule has 1 aliphatic rings. The third-order valence-corrected chi connectivity index (χ3v) is 4.44. The molecule has 2 aromatic rings. The van der Waals surface area contributed by atoms with Gasteiger partial charge in [0.1, 0.15) is 0 Å². The van der Waals surface area contributed by atoms with Gasteiger partial charge in [0.25, 0.3) is 5.91 Å². The van der Waals surface area contributed by atoms with Gasteiger partial charge in [0, 0.05) is 24.2 Å². The molecule has 4 heteroatoms. The lowest BCUT2D eigenvalue weighted by Crippen LogP contribution is -2.27. The molecule has 1 N–H and O–H groups in total. The molecular formula is C20H22N2O2. The molecule has 1 fully saturated rings. The van der Waals surface area contributed by atoms with Crippen LogP contribution in [0.15, 0.2) is 48.5 Å². The molecule has 4 nitrogen and oxygen atoms in total. The van der Waals surface area contributed by atoms with Crippen LogP contribution in [0.1, 0.15) is 47.3 Å². The molecule has 0 aromatic heterocycles. The summed E-state index contributed by atoms with van der Waals surface area (Å²) < 4.78 is 0. The average Bonchev–Trinajstić information content (AvgIpc) is 3.01. The first kappa shape index (κ1) is 16.2. The molecule has 0 aliphatic carbocycles. The van der Waals surface area contributed by atoms with Gasteiger partial charge < -0.3 is 10.2 Å². The average molecular weight is 322 g/mol. The Morgan fingerprint density at radius 3 is 2.33 bits per heavy atom. The van der Waals surface area contributed by atoms with Crippen LogP contribution in [-0.2, 0) is 4.79 Å². The highest BCUT2D eigenvalue weighted by Gasteiger charge is 2.21. The molecule has 1 saturated heterocycles. The second-order valence-corrected chi connectivity index (χ2v) is 6.30. The van der Waals surface area contributed by atoms with E-state index in [0.29, 0.717) is 12.0 Å². The molecule has 1 atom stereocenters. The third kappa shape index (κ3) is 3.48. The van der Waals surface area contributed by atoms with Crippen LogP contribution in [0.5, 0.6) is 0 Å². The number of benzene rings is 2. The van der Waals surface area contributed by atoms with Crippen molar-refractivity contribution in [3.8, 4) is 0 Å². The third-order valence-electron chi connectivity index (χ3n) is 4.44. The predicted molar refractivity (Wildman–Crippen MR) is 95.1 cm³/mol. The zero-order valence-corrected chi connectivity index (χ0v) is 14.1. The van der Waals surface area contributed by atoms with Gasteiger partial charge in [-0.3, -0.25) is 9.59 Å². The van der Waals surface area contributed by atoms with Crippen molar-refractivity contribution in [1.29, 1.82) is 0 Å². The Bertz CT molecular complexity index is 735. The minimum atomic E-state index is -0.109. The predicted octanol–water partition coefficient (Wildman–Crippen LogP) is 3.61. The SMILES string of the molecule is Cc1ccc([C@H](C)NC(=O)c2ccc(N3CCCC3=O)cc2)cc1. The van der Waals surface area contributed by atoms with Gasteiger partial charge in [-0.15, -0.1) is 0 Å². The van der Waals surface area contributed by atoms with Crippen molar-refractivity contribution in [3.05, 3.63) is 65.2 Å². The highest BCUT2D eigenvalue weighted by Crippen LogP contribution is 2.22. The van der Waals surface area contributed by atoms with E-state index in [1.54, 1.807) is 17.0 Å². The smallest absolute Gasteiger partial charge is 0.251 e. The largest absolute Gasteiger partial charge is 0.346 e. The van der Waals surface area contributed by atoms with Crippen LogP contribution in [0.25, 0.3) is 0 Å². The lowest BCUT2D eigenvalue weighted by molar-refractivity contribution is -0.117. The Morgan fingerprint density at radius 1 is 1.08 bits per heavy atom. The Balaban J connectivity index is 1.66. The Kier molecular flexibility index (Phi) is 4.65. The van der Waals surface area contributed by atoms with Gasteiger partial charge in [-0.2, -0.15) is 0 Å². The van der Waals surface area contributed by atoms with Gasteiger partial charge >= 0.3 is 0 Å². The number of aryl methyl sites for hydroxylation is 1. The summed E-state index contributed by atoms with van der Waals surface area (Å²) in [5, 5.41) is 3.01. The van der Waals surface area contributed by atoms with Crippen molar-refractivity contribution >= 4 is 17.5 Å². The number of rotatable bonds is 4. The fourth-order valence-corrected chi connectivity index (χ4v) is 2.93. The van der Waals surface area contributed by atoms with Crippen molar-refractivity contribution in [3.63, 3.8) is 0 Å². The first-order valence-electron chi connectivity index (χ1n) is 8.32. The zero-order valence-electron chi connectivity index (χ0n) is 14.1. The van der Waals surface area contributed by atoms with E-state index in [-0.39, 0.29) is 17.9 Å². The van der Waals surface area contributed by atoms with E-state index in [9.17, 15) is 9.59 Å². The summed E-state index contributed by atoms with van der Waals surface area (Å²) >= 11 is 0. The molecule has 0 bridgehead atoms. The Labute approximate surface area is 142 Å².